The van der Waals surface area contributed by atoms with Crippen LogP contribution in [-0.4, -0.2) is 4.98 Å². The average Bonchev–Trinajstić information content (AvgIpc) is 3.14. The first-order chi connectivity index (χ1) is 11.0. The lowest BCUT2D eigenvalue weighted by Gasteiger charge is -2.40. The number of benzene rings is 1. The summed E-state index contributed by atoms with van der Waals surface area (Å²) in [7, 11) is -9.61. The van der Waals surface area contributed by atoms with Crippen LogP contribution in [0.15, 0.2) is 51.4 Å². The Hall–Kier alpha value is -1.65. The van der Waals surface area contributed by atoms with Gasteiger partial charge in [0.1, 0.15) is 9.90 Å². The maximum atomic E-state index is 12.6. The molecule has 2 nitrogen and oxygen atoms in total. The minimum absolute atomic E-state index is 0.288. The first-order valence-electron chi connectivity index (χ1n) is 6.56. The van der Waals surface area contributed by atoms with Crippen LogP contribution in [0, 0.1) is 0 Å². The van der Waals surface area contributed by atoms with Gasteiger partial charge < -0.3 is 5.32 Å². The second-order valence-corrected chi connectivity index (χ2v) is 9.05. The average molecular weight is 398 g/mol. The summed E-state index contributed by atoms with van der Waals surface area (Å²) in [5, 5.41) is 9.47. The van der Waals surface area contributed by atoms with Crippen molar-refractivity contribution >= 4 is 38.6 Å². The van der Waals surface area contributed by atoms with Crippen LogP contribution in [0.4, 0.5) is 25.1 Å². The standard InChI is InChI=1S/C14H11F5N2S3/c15-24(16,17,18,19)13-3-1-11(2-4-13)20-7-12-9-23-14(21-12)10-5-6-22-8-10/h1-6,8-9,20H,7H2. The number of nitrogens with one attached hydrogen (secondary N) is 1. The molecule has 130 valence electrons. The lowest BCUT2D eigenvalue weighted by Crippen LogP contribution is -2.06. The molecular weight excluding hydrogens is 387 g/mol. The van der Waals surface area contributed by atoms with Gasteiger partial charge in [0.05, 0.1) is 12.2 Å². The quantitative estimate of drug-likeness (QED) is 0.462. The van der Waals surface area contributed by atoms with Gasteiger partial charge in [0.2, 0.25) is 0 Å². The van der Waals surface area contributed by atoms with Crippen LogP contribution in [0.2, 0.25) is 0 Å². The van der Waals surface area contributed by atoms with Crippen LogP contribution in [0.3, 0.4) is 0 Å². The minimum atomic E-state index is -9.61. The molecule has 0 amide bonds. The molecule has 0 aliphatic rings. The van der Waals surface area contributed by atoms with Gasteiger partial charge >= 0.3 is 10.2 Å². The Balaban J connectivity index is 1.68. The van der Waals surface area contributed by atoms with Crippen LogP contribution in [0.25, 0.3) is 10.6 Å². The monoisotopic (exact) mass is 398 g/mol. The molecule has 0 saturated carbocycles. The van der Waals surface area contributed by atoms with Crippen molar-refractivity contribution in [2.45, 2.75) is 11.4 Å². The Morgan fingerprint density at radius 2 is 1.67 bits per heavy atom. The first kappa shape index (κ1) is 17.2. The maximum absolute atomic E-state index is 12.6. The molecule has 1 N–H and O–H groups in total. The summed E-state index contributed by atoms with van der Waals surface area (Å²) in [5.74, 6) is 0. The van der Waals surface area contributed by atoms with E-state index in [-0.39, 0.29) is 6.54 Å². The van der Waals surface area contributed by atoms with Gasteiger partial charge in [0.25, 0.3) is 0 Å². The Kier molecular flexibility index (Phi) is 3.70. The SMILES string of the molecule is FS(F)(F)(F)(F)c1ccc(NCc2csc(-c3ccsc3)n2)cc1. The Bertz CT molecular complexity index is 839. The smallest absolute Gasteiger partial charge is 0.310 e. The molecule has 10 heteroatoms. The fourth-order valence-corrected chi connectivity index (χ4v) is 4.11. The third kappa shape index (κ3) is 4.05. The molecule has 0 unspecified atom stereocenters. The topological polar surface area (TPSA) is 24.9 Å². The van der Waals surface area contributed by atoms with Crippen molar-refractivity contribution in [3.63, 3.8) is 0 Å². The van der Waals surface area contributed by atoms with E-state index in [4.69, 9.17) is 0 Å². The van der Waals surface area contributed by atoms with Crippen molar-refractivity contribution in [3.8, 4) is 10.6 Å². The number of thiazole rings is 1. The highest BCUT2D eigenvalue weighted by molar-refractivity contribution is 8.45. The van der Waals surface area contributed by atoms with E-state index in [9.17, 15) is 19.4 Å². The molecule has 2 aromatic heterocycles. The van der Waals surface area contributed by atoms with Crippen molar-refractivity contribution in [1.29, 1.82) is 0 Å². The Labute approximate surface area is 142 Å². The molecular formula is C14H11F5N2S3. The van der Waals surface area contributed by atoms with Crippen molar-refractivity contribution in [2.24, 2.45) is 0 Å². The van der Waals surface area contributed by atoms with Crippen molar-refractivity contribution < 1.29 is 19.4 Å². The Morgan fingerprint density at radius 3 is 2.25 bits per heavy atom. The van der Waals surface area contributed by atoms with E-state index in [0.717, 1.165) is 28.4 Å². The molecule has 0 atom stereocenters. The van der Waals surface area contributed by atoms with Gasteiger partial charge in [-0.3, -0.25) is 0 Å². The van der Waals surface area contributed by atoms with Gasteiger partial charge in [0, 0.05) is 22.0 Å². The van der Waals surface area contributed by atoms with Crippen molar-refractivity contribution in [3.05, 3.63) is 52.2 Å². The normalized spacial score (nSPS) is 14.9. The fraction of sp³-hybridized carbons (Fsp3) is 0.0714. The van der Waals surface area contributed by atoms with Crippen molar-refractivity contribution in [2.75, 3.05) is 5.32 Å². The largest absolute Gasteiger partial charge is 0.379 e. The summed E-state index contributed by atoms with van der Waals surface area (Å²) in [6.45, 7) is 0.288. The highest BCUT2D eigenvalue weighted by Gasteiger charge is 2.65. The molecule has 0 fully saturated rings. The summed E-state index contributed by atoms with van der Waals surface area (Å²) < 4.78 is 63.2. The fourth-order valence-electron chi connectivity index (χ4n) is 1.93. The maximum Gasteiger partial charge on any atom is 0.310 e. The van der Waals surface area contributed by atoms with E-state index < -0.39 is 15.1 Å². The molecule has 2 heterocycles. The second-order valence-electron chi connectivity index (χ2n) is 5.00. The molecule has 0 radical (unpaired) electrons. The van der Waals surface area contributed by atoms with Gasteiger partial charge in [-0.25, -0.2) is 4.98 Å². The summed E-state index contributed by atoms with van der Waals surface area (Å²) in [5.41, 5.74) is 2.04. The third-order valence-corrected chi connectivity index (χ3v) is 5.88. The molecule has 1 aromatic carbocycles. The van der Waals surface area contributed by atoms with E-state index in [1.165, 1.54) is 11.3 Å². The molecule has 0 spiro atoms. The zero-order valence-corrected chi connectivity index (χ0v) is 14.3. The summed E-state index contributed by atoms with van der Waals surface area (Å²) >= 11 is 3.02. The predicted octanol–water partition coefficient (Wildman–Crippen LogP) is 7.14. The molecule has 0 aliphatic heterocycles. The lowest BCUT2D eigenvalue weighted by atomic mass is 10.3. The Morgan fingerprint density at radius 1 is 0.958 bits per heavy atom. The molecule has 3 rings (SSSR count). The first-order valence-corrected chi connectivity index (χ1v) is 10.3. The van der Waals surface area contributed by atoms with E-state index in [1.54, 1.807) is 11.3 Å². The highest BCUT2D eigenvalue weighted by Crippen LogP contribution is 3.02. The summed E-state index contributed by atoms with van der Waals surface area (Å²) in [6.07, 6.45) is 0. The van der Waals surface area contributed by atoms with Crippen LogP contribution >= 0.6 is 32.9 Å². The molecule has 0 aliphatic carbocycles. The summed E-state index contributed by atoms with van der Waals surface area (Å²) in [4.78, 5) is 2.52. The zero-order chi connectivity index (χ0) is 17.5. The van der Waals surface area contributed by atoms with Crippen LogP contribution in [0.5, 0.6) is 0 Å². The van der Waals surface area contributed by atoms with E-state index >= 15 is 0 Å². The number of hydrogen-bond donors (Lipinski definition) is 1. The number of halogens is 5. The molecule has 24 heavy (non-hydrogen) atoms. The van der Waals surface area contributed by atoms with Crippen LogP contribution in [-0.2, 0) is 6.54 Å². The number of anilines is 1. The number of aromatic nitrogens is 1. The number of nitrogens with zero attached hydrogens (tertiary/aromatic N) is 1. The van der Waals surface area contributed by atoms with E-state index in [2.05, 4.69) is 10.3 Å². The number of hydrogen-bond acceptors (Lipinski definition) is 4. The predicted molar refractivity (Wildman–Crippen MR) is 90.6 cm³/mol. The van der Waals surface area contributed by atoms with Crippen molar-refractivity contribution in [1.82, 2.24) is 4.98 Å². The van der Waals surface area contributed by atoms with E-state index in [1.807, 2.05) is 22.2 Å². The summed E-state index contributed by atoms with van der Waals surface area (Å²) in [6, 6.07) is 4.70. The van der Waals surface area contributed by atoms with Gasteiger partial charge in [-0.05, 0) is 35.7 Å². The van der Waals surface area contributed by atoms with Gasteiger partial charge in [-0.2, -0.15) is 11.3 Å². The van der Waals surface area contributed by atoms with E-state index in [0.29, 0.717) is 17.8 Å². The zero-order valence-electron chi connectivity index (χ0n) is 11.9. The van der Waals surface area contributed by atoms with Gasteiger partial charge in [-0.1, -0.05) is 19.4 Å². The van der Waals surface area contributed by atoms with Crippen LogP contribution in [0.1, 0.15) is 5.69 Å². The highest BCUT2D eigenvalue weighted by atomic mass is 32.5. The molecule has 0 bridgehead atoms. The van der Waals surface area contributed by atoms with Crippen LogP contribution < -0.4 is 5.32 Å². The number of thiophene rings is 1. The molecule has 3 aromatic rings. The lowest BCUT2D eigenvalue weighted by molar-refractivity contribution is 0.364. The third-order valence-electron chi connectivity index (χ3n) is 3.09. The van der Waals surface area contributed by atoms with Gasteiger partial charge in [0.15, 0.2) is 0 Å². The minimum Gasteiger partial charge on any atom is -0.379 e. The number of rotatable bonds is 5. The second kappa shape index (κ2) is 5.17. The molecule has 0 saturated heterocycles. The van der Waals surface area contributed by atoms with Gasteiger partial charge in [-0.15, -0.1) is 11.3 Å².